The van der Waals surface area contributed by atoms with Crippen LogP contribution in [0.1, 0.15) is 26.3 Å². The molecule has 11 heteroatoms. The molecular formula is C25H28F3N5O3. The van der Waals surface area contributed by atoms with Gasteiger partial charge in [-0.2, -0.15) is 0 Å². The Hall–Kier alpha value is -3.76. The van der Waals surface area contributed by atoms with Crippen molar-refractivity contribution in [2.45, 2.75) is 32.7 Å². The molecule has 1 aromatic heterocycles. The third-order valence-corrected chi connectivity index (χ3v) is 5.66. The second kappa shape index (κ2) is 9.36. The molecule has 0 aliphatic carbocycles. The first kappa shape index (κ1) is 25.3. The average molecular weight is 504 g/mol. The predicted molar refractivity (Wildman–Crippen MR) is 130 cm³/mol. The van der Waals surface area contributed by atoms with Crippen LogP contribution in [0.2, 0.25) is 0 Å². The number of nitrogens with zero attached hydrogens (tertiary/aromatic N) is 3. The third-order valence-electron chi connectivity index (χ3n) is 5.66. The number of nitrogens with one attached hydrogen (secondary N) is 2. The molecule has 0 spiro atoms. The molecule has 2 aliphatic heterocycles. The van der Waals surface area contributed by atoms with E-state index in [1.807, 2.05) is 6.07 Å². The number of rotatable bonds is 6. The normalized spacial score (nSPS) is 16.2. The van der Waals surface area contributed by atoms with Gasteiger partial charge in [-0.25, -0.2) is 9.78 Å². The van der Waals surface area contributed by atoms with Crippen LogP contribution in [0.5, 0.6) is 5.75 Å². The second-order valence-electron chi connectivity index (χ2n) is 9.85. The summed E-state index contributed by atoms with van der Waals surface area (Å²) in [7, 11) is 0. The van der Waals surface area contributed by atoms with Gasteiger partial charge in [-0.1, -0.05) is 6.58 Å². The summed E-state index contributed by atoms with van der Waals surface area (Å²) >= 11 is 0. The molecule has 2 saturated heterocycles. The van der Waals surface area contributed by atoms with Gasteiger partial charge in [-0.3, -0.25) is 0 Å². The largest absolute Gasteiger partial charge is 0.573 e. The van der Waals surface area contributed by atoms with Gasteiger partial charge in [0.1, 0.15) is 17.2 Å². The lowest BCUT2D eigenvalue weighted by Gasteiger charge is -2.42. The van der Waals surface area contributed by atoms with Crippen molar-refractivity contribution in [2.75, 3.05) is 36.4 Å². The standard InChI is InChI=1S/C25H28F3N5O3/c1-15-11-32(12-15)19-9-10-30-22(31-17-5-7-18(8-6-17)35-25(26,27)28)20(19)21(29)16-13-33(14-16)23(34)36-24(2,3)4/h5-10,16,29H,1,11-14H2,2-4H3,(H,30,31). The topological polar surface area (TPSA) is 90.8 Å². The SMILES string of the molecule is C=C1CN(c2ccnc(Nc3ccc(OC(F)(F)F)cc3)c2C(=N)C2CN(C(=O)OC(C)(C)C)C2)C1. The number of halogens is 3. The molecule has 1 aromatic carbocycles. The van der Waals surface area contributed by atoms with Crippen LogP contribution in [0, 0.1) is 11.3 Å². The molecule has 0 saturated carbocycles. The molecule has 0 atom stereocenters. The van der Waals surface area contributed by atoms with E-state index in [0.717, 1.165) is 11.3 Å². The van der Waals surface area contributed by atoms with Crippen LogP contribution in [-0.4, -0.2) is 59.8 Å². The van der Waals surface area contributed by atoms with Crippen LogP contribution in [0.25, 0.3) is 0 Å². The van der Waals surface area contributed by atoms with Gasteiger partial charge in [-0.15, -0.1) is 13.2 Å². The average Bonchev–Trinajstić information content (AvgIpc) is 2.69. The number of amides is 1. The second-order valence-corrected chi connectivity index (χ2v) is 9.85. The lowest BCUT2D eigenvalue weighted by Crippen LogP contribution is -2.54. The van der Waals surface area contributed by atoms with E-state index < -0.39 is 18.1 Å². The number of pyridine rings is 1. The van der Waals surface area contributed by atoms with Crippen molar-refractivity contribution in [3.8, 4) is 5.75 Å². The monoisotopic (exact) mass is 503 g/mol. The van der Waals surface area contributed by atoms with E-state index in [-0.39, 0.29) is 11.7 Å². The maximum atomic E-state index is 12.5. The van der Waals surface area contributed by atoms with Crippen LogP contribution < -0.4 is 15.0 Å². The summed E-state index contributed by atoms with van der Waals surface area (Å²) in [6.45, 7) is 11.4. The Bertz CT molecular complexity index is 1160. The summed E-state index contributed by atoms with van der Waals surface area (Å²) in [4.78, 5) is 20.4. The number of anilines is 3. The zero-order chi connectivity index (χ0) is 26.3. The number of hydrogen-bond donors (Lipinski definition) is 2. The Morgan fingerprint density at radius 3 is 2.33 bits per heavy atom. The Kier molecular flexibility index (Phi) is 6.59. The molecule has 8 nitrogen and oxygen atoms in total. The van der Waals surface area contributed by atoms with Crippen LogP contribution in [0.3, 0.4) is 0 Å². The van der Waals surface area contributed by atoms with Crippen LogP contribution >= 0.6 is 0 Å². The van der Waals surface area contributed by atoms with Gasteiger partial charge in [0, 0.05) is 44.0 Å². The number of carbonyl (C=O) groups is 1. The van der Waals surface area contributed by atoms with E-state index in [9.17, 15) is 18.0 Å². The predicted octanol–water partition coefficient (Wildman–Crippen LogP) is 5.33. The van der Waals surface area contributed by atoms with Gasteiger partial charge in [0.05, 0.1) is 17.0 Å². The van der Waals surface area contributed by atoms with Crippen molar-refractivity contribution in [2.24, 2.45) is 5.92 Å². The van der Waals surface area contributed by atoms with E-state index in [1.165, 1.54) is 24.3 Å². The quantitative estimate of drug-likeness (QED) is 0.409. The third kappa shape index (κ3) is 5.89. The van der Waals surface area contributed by atoms with Gasteiger partial charge in [0.2, 0.25) is 0 Å². The number of aromatic nitrogens is 1. The zero-order valence-electron chi connectivity index (χ0n) is 20.3. The maximum absolute atomic E-state index is 12.5. The summed E-state index contributed by atoms with van der Waals surface area (Å²) in [5.41, 5.74) is 2.64. The lowest BCUT2D eigenvalue weighted by atomic mass is 9.88. The highest BCUT2D eigenvalue weighted by atomic mass is 19.4. The van der Waals surface area contributed by atoms with Gasteiger partial charge in [0.15, 0.2) is 0 Å². The summed E-state index contributed by atoms with van der Waals surface area (Å²) in [5, 5.41) is 12.1. The molecule has 2 aromatic rings. The van der Waals surface area contributed by atoms with E-state index in [4.69, 9.17) is 10.1 Å². The van der Waals surface area contributed by atoms with Gasteiger partial charge >= 0.3 is 12.5 Å². The lowest BCUT2D eigenvalue weighted by molar-refractivity contribution is -0.274. The molecular weight excluding hydrogens is 475 g/mol. The molecule has 2 N–H and O–H groups in total. The summed E-state index contributed by atoms with van der Waals surface area (Å²) < 4.78 is 46.8. The fraction of sp³-hybridized carbons (Fsp3) is 0.400. The molecule has 36 heavy (non-hydrogen) atoms. The molecule has 0 bridgehead atoms. The highest BCUT2D eigenvalue weighted by Crippen LogP contribution is 2.36. The highest BCUT2D eigenvalue weighted by molar-refractivity contribution is 6.10. The Labute approximate surface area is 207 Å². The Balaban J connectivity index is 1.55. The van der Waals surface area contributed by atoms with E-state index >= 15 is 0 Å². The minimum atomic E-state index is -4.77. The van der Waals surface area contributed by atoms with Crippen molar-refractivity contribution in [3.63, 3.8) is 0 Å². The van der Waals surface area contributed by atoms with Crippen LogP contribution in [0.15, 0.2) is 48.7 Å². The van der Waals surface area contributed by atoms with Crippen molar-refractivity contribution in [3.05, 3.63) is 54.2 Å². The number of likely N-dealkylation sites (tertiary alicyclic amines) is 1. The molecule has 2 fully saturated rings. The van der Waals surface area contributed by atoms with Gasteiger partial charge in [0.25, 0.3) is 0 Å². The maximum Gasteiger partial charge on any atom is 0.573 e. The zero-order valence-corrected chi connectivity index (χ0v) is 20.3. The van der Waals surface area contributed by atoms with Gasteiger partial charge in [-0.05, 0) is 56.7 Å². The molecule has 192 valence electrons. The fourth-order valence-corrected chi connectivity index (χ4v) is 3.96. The molecule has 4 rings (SSSR count). The first-order valence-corrected chi connectivity index (χ1v) is 11.4. The first-order valence-electron chi connectivity index (χ1n) is 11.4. The Morgan fingerprint density at radius 1 is 1.14 bits per heavy atom. The van der Waals surface area contributed by atoms with E-state index in [2.05, 4.69) is 26.5 Å². The summed E-state index contributed by atoms with van der Waals surface area (Å²) in [6.07, 6.45) is -3.58. The summed E-state index contributed by atoms with van der Waals surface area (Å²) in [5.74, 6) is -0.151. The van der Waals surface area contributed by atoms with Crippen molar-refractivity contribution >= 4 is 29.0 Å². The van der Waals surface area contributed by atoms with Crippen LogP contribution in [0.4, 0.5) is 35.2 Å². The van der Waals surface area contributed by atoms with Crippen molar-refractivity contribution < 1.29 is 27.4 Å². The minimum absolute atomic E-state index is 0.215. The molecule has 0 radical (unpaired) electrons. The first-order chi connectivity index (χ1) is 16.8. The van der Waals surface area contributed by atoms with Crippen LogP contribution in [-0.2, 0) is 4.74 Å². The Morgan fingerprint density at radius 2 is 1.78 bits per heavy atom. The minimum Gasteiger partial charge on any atom is -0.444 e. The number of carbonyl (C=O) groups excluding carboxylic acids is 1. The highest BCUT2D eigenvalue weighted by Gasteiger charge is 2.38. The number of hydrogen-bond acceptors (Lipinski definition) is 7. The molecule has 2 aliphatic rings. The van der Waals surface area contributed by atoms with Crippen molar-refractivity contribution in [1.29, 1.82) is 5.41 Å². The molecule has 0 unspecified atom stereocenters. The number of alkyl halides is 3. The van der Waals surface area contributed by atoms with E-state index in [1.54, 1.807) is 31.9 Å². The molecule has 1 amide bonds. The number of ether oxygens (including phenoxy) is 2. The fourth-order valence-electron chi connectivity index (χ4n) is 3.96. The summed E-state index contributed by atoms with van der Waals surface area (Å²) in [6, 6.07) is 7.12. The number of benzene rings is 1. The molecule has 3 heterocycles. The smallest absolute Gasteiger partial charge is 0.444 e. The van der Waals surface area contributed by atoms with Gasteiger partial charge < -0.3 is 30.0 Å². The van der Waals surface area contributed by atoms with Crippen molar-refractivity contribution in [1.82, 2.24) is 9.88 Å². The van der Waals surface area contributed by atoms with E-state index in [0.29, 0.717) is 49.0 Å².